The van der Waals surface area contributed by atoms with E-state index in [-0.39, 0.29) is 12.2 Å². The molecule has 3 rings (SSSR count). The van der Waals surface area contributed by atoms with Crippen molar-refractivity contribution in [2.24, 2.45) is 5.41 Å². The van der Waals surface area contributed by atoms with Crippen LogP contribution in [0, 0.1) is 5.41 Å². The minimum Gasteiger partial charge on any atom is -0.472 e. The fourth-order valence-electron chi connectivity index (χ4n) is 4.70. The third-order valence-corrected chi connectivity index (χ3v) is 6.85. The molecule has 2 heterocycles. The Kier molecular flexibility index (Phi) is 9.84. The van der Waals surface area contributed by atoms with Gasteiger partial charge in [0.15, 0.2) is 0 Å². The van der Waals surface area contributed by atoms with E-state index < -0.39 is 5.92 Å². The molecule has 0 saturated carbocycles. The fraction of sp³-hybridized carbons (Fsp3) is 0.467. The largest absolute Gasteiger partial charge is 0.472 e. The Hall–Kier alpha value is -3.22. The second kappa shape index (κ2) is 12.8. The lowest BCUT2D eigenvalue weighted by Gasteiger charge is -2.52. The number of aromatic nitrogens is 2. The minimum atomic E-state index is -2.95. The molecule has 1 fully saturated rings. The SMILES string of the molecule is C=C(/C=C\C(=C/C)COc1ccc(NCc2ccc(N3CC(CCC)(CCC)C3)cc2)nn1)C(C)(F)F. The van der Waals surface area contributed by atoms with Gasteiger partial charge in [-0.25, -0.2) is 8.78 Å². The van der Waals surface area contributed by atoms with Gasteiger partial charge in [-0.2, -0.15) is 0 Å². The van der Waals surface area contributed by atoms with Crippen LogP contribution in [0.2, 0.25) is 0 Å². The van der Waals surface area contributed by atoms with Crippen molar-refractivity contribution in [1.82, 2.24) is 10.2 Å². The molecule has 0 aliphatic carbocycles. The predicted octanol–water partition coefficient (Wildman–Crippen LogP) is 7.59. The quantitative estimate of drug-likeness (QED) is 0.265. The summed E-state index contributed by atoms with van der Waals surface area (Å²) in [7, 11) is 0. The molecule has 0 atom stereocenters. The van der Waals surface area contributed by atoms with Crippen molar-refractivity contribution in [1.29, 1.82) is 0 Å². The number of hydrogen-bond donors (Lipinski definition) is 1. The molecule has 2 aromatic rings. The maximum absolute atomic E-state index is 13.2. The molecule has 1 aliphatic heterocycles. The summed E-state index contributed by atoms with van der Waals surface area (Å²) < 4.78 is 32.1. The number of hydrogen-bond acceptors (Lipinski definition) is 5. The number of ether oxygens (including phenoxy) is 1. The van der Waals surface area contributed by atoms with Gasteiger partial charge in [-0.1, -0.05) is 63.6 Å². The fourth-order valence-corrected chi connectivity index (χ4v) is 4.70. The second-order valence-electron chi connectivity index (χ2n) is 10.0. The molecule has 1 saturated heterocycles. The van der Waals surface area contributed by atoms with Gasteiger partial charge < -0.3 is 15.0 Å². The van der Waals surface area contributed by atoms with Crippen LogP contribution < -0.4 is 15.0 Å². The smallest absolute Gasteiger partial charge is 0.269 e. The summed E-state index contributed by atoms with van der Waals surface area (Å²) in [5.41, 5.74) is 3.45. The zero-order valence-electron chi connectivity index (χ0n) is 22.6. The number of nitrogens with one attached hydrogen (secondary N) is 1. The van der Waals surface area contributed by atoms with Gasteiger partial charge in [0.25, 0.3) is 5.92 Å². The summed E-state index contributed by atoms with van der Waals surface area (Å²) in [4.78, 5) is 2.48. The molecule has 0 unspecified atom stereocenters. The Bertz CT molecular complexity index is 1060. The van der Waals surface area contributed by atoms with Crippen molar-refractivity contribution in [2.75, 3.05) is 29.9 Å². The molecular weight excluding hydrogens is 470 g/mol. The summed E-state index contributed by atoms with van der Waals surface area (Å²) >= 11 is 0. The first-order valence-electron chi connectivity index (χ1n) is 13.1. The average molecular weight is 511 g/mol. The van der Waals surface area contributed by atoms with Crippen molar-refractivity contribution in [3.63, 3.8) is 0 Å². The molecule has 7 heteroatoms. The van der Waals surface area contributed by atoms with Crippen LogP contribution in [0.4, 0.5) is 20.3 Å². The Morgan fingerprint density at radius 3 is 2.30 bits per heavy atom. The number of rotatable bonds is 14. The van der Waals surface area contributed by atoms with E-state index >= 15 is 0 Å². The lowest BCUT2D eigenvalue weighted by atomic mass is 9.72. The Morgan fingerprint density at radius 2 is 1.76 bits per heavy atom. The Morgan fingerprint density at radius 1 is 1.08 bits per heavy atom. The molecule has 1 aromatic heterocycles. The van der Waals surface area contributed by atoms with Gasteiger partial charge in [-0.3, -0.25) is 0 Å². The lowest BCUT2D eigenvalue weighted by molar-refractivity contribution is 0.0680. The van der Waals surface area contributed by atoms with Crippen LogP contribution in [0.5, 0.6) is 5.88 Å². The summed E-state index contributed by atoms with van der Waals surface area (Å²) in [5, 5.41) is 11.6. The van der Waals surface area contributed by atoms with Crippen molar-refractivity contribution < 1.29 is 13.5 Å². The van der Waals surface area contributed by atoms with E-state index in [0.29, 0.717) is 23.7 Å². The van der Waals surface area contributed by atoms with Crippen LogP contribution in [-0.2, 0) is 6.54 Å². The highest BCUT2D eigenvalue weighted by Gasteiger charge is 2.41. The first-order chi connectivity index (χ1) is 17.7. The van der Waals surface area contributed by atoms with Gasteiger partial charge in [0.1, 0.15) is 12.4 Å². The van der Waals surface area contributed by atoms with Crippen LogP contribution in [0.15, 0.2) is 72.4 Å². The Balaban J connectivity index is 1.45. The molecule has 5 nitrogen and oxygen atoms in total. The molecule has 1 aliphatic rings. The minimum absolute atomic E-state index is 0.193. The number of alkyl halides is 2. The van der Waals surface area contributed by atoms with Crippen molar-refractivity contribution in [3.05, 3.63) is 77.9 Å². The lowest BCUT2D eigenvalue weighted by Crippen LogP contribution is -2.56. The molecule has 200 valence electrons. The molecule has 0 bridgehead atoms. The van der Waals surface area contributed by atoms with Gasteiger partial charge in [0, 0.05) is 49.3 Å². The normalized spacial score (nSPS) is 15.5. The first-order valence-corrected chi connectivity index (χ1v) is 13.1. The van der Waals surface area contributed by atoms with Crippen molar-refractivity contribution in [2.45, 2.75) is 65.8 Å². The monoisotopic (exact) mass is 510 g/mol. The Labute approximate surface area is 220 Å². The summed E-state index contributed by atoms with van der Waals surface area (Å²) in [6.45, 7) is 13.8. The second-order valence-corrected chi connectivity index (χ2v) is 10.0. The molecule has 0 amide bonds. The number of benzene rings is 1. The molecular formula is C30H40F2N4O. The van der Waals surface area contributed by atoms with E-state index in [1.807, 2.05) is 13.0 Å². The number of nitrogens with zero attached hydrogens (tertiary/aromatic N) is 3. The molecule has 1 N–H and O–H groups in total. The van der Waals surface area contributed by atoms with Gasteiger partial charge in [0.2, 0.25) is 5.88 Å². The van der Waals surface area contributed by atoms with Crippen LogP contribution in [0.1, 0.15) is 58.9 Å². The number of allylic oxidation sites excluding steroid dienone is 3. The maximum Gasteiger partial charge on any atom is 0.269 e. The van der Waals surface area contributed by atoms with Crippen LogP contribution >= 0.6 is 0 Å². The first kappa shape index (κ1) is 28.4. The van der Waals surface area contributed by atoms with Gasteiger partial charge >= 0.3 is 0 Å². The highest BCUT2D eigenvalue weighted by Crippen LogP contribution is 2.41. The van der Waals surface area contributed by atoms with E-state index in [0.717, 1.165) is 25.6 Å². The van der Waals surface area contributed by atoms with E-state index in [9.17, 15) is 8.78 Å². The highest BCUT2D eigenvalue weighted by molar-refractivity contribution is 5.51. The average Bonchev–Trinajstić information content (AvgIpc) is 2.86. The number of halogens is 2. The van der Waals surface area contributed by atoms with E-state index in [2.05, 4.69) is 65.1 Å². The topological polar surface area (TPSA) is 50.3 Å². The zero-order valence-corrected chi connectivity index (χ0v) is 22.6. The van der Waals surface area contributed by atoms with Crippen molar-refractivity contribution >= 4 is 11.5 Å². The molecule has 0 radical (unpaired) electrons. The van der Waals surface area contributed by atoms with Crippen LogP contribution in [0.25, 0.3) is 0 Å². The molecule has 37 heavy (non-hydrogen) atoms. The third-order valence-electron chi connectivity index (χ3n) is 6.85. The van der Waals surface area contributed by atoms with Gasteiger partial charge in [-0.15, -0.1) is 10.2 Å². The summed E-state index contributed by atoms with van der Waals surface area (Å²) in [6, 6.07) is 12.3. The predicted molar refractivity (Wildman–Crippen MR) is 148 cm³/mol. The number of anilines is 2. The maximum atomic E-state index is 13.2. The standard InChI is InChI=1S/C30H40F2N4O/c1-6-17-30(18-7-2)21-36(22-30)26-13-11-25(12-14-26)19-33-27-15-16-28(35-34-27)37-20-24(8-3)10-9-23(4)29(5,31)32/h8-16H,4,6-7,17-22H2,1-3,5H3,(H,33,34)/b10-9-,24-8+. The molecule has 0 spiro atoms. The summed E-state index contributed by atoms with van der Waals surface area (Å²) in [5.74, 6) is -1.94. The van der Waals surface area contributed by atoms with Gasteiger partial charge in [0.05, 0.1) is 0 Å². The molecule has 1 aromatic carbocycles. The van der Waals surface area contributed by atoms with Gasteiger partial charge in [-0.05, 0) is 49.1 Å². The highest BCUT2D eigenvalue weighted by atomic mass is 19.3. The van der Waals surface area contributed by atoms with E-state index in [1.54, 1.807) is 18.2 Å². The third kappa shape index (κ3) is 8.14. The summed E-state index contributed by atoms with van der Waals surface area (Å²) in [6.07, 6.45) is 9.80. The van der Waals surface area contributed by atoms with E-state index in [1.165, 1.54) is 43.0 Å². The van der Waals surface area contributed by atoms with Crippen molar-refractivity contribution in [3.8, 4) is 5.88 Å². The van der Waals surface area contributed by atoms with Crippen LogP contribution in [-0.4, -0.2) is 35.8 Å². The van der Waals surface area contributed by atoms with Crippen LogP contribution in [0.3, 0.4) is 0 Å². The zero-order chi connectivity index (χ0) is 26.9. The van der Waals surface area contributed by atoms with E-state index in [4.69, 9.17) is 4.74 Å².